The third kappa shape index (κ3) is 0.863. The van der Waals surface area contributed by atoms with Crippen LogP contribution in [0.5, 0.6) is 5.88 Å². The fraction of sp³-hybridized carbons (Fsp3) is 0.111. The molecular formula is C9H8FNO. The number of benzene rings is 1. The van der Waals surface area contributed by atoms with Crippen molar-refractivity contribution in [3.8, 4) is 5.88 Å². The third-order valence-electron chi connectivity index (χ3n) is 1.99. The molecule has 2 nitrogen and oxygen atoms in total. The molecule has 0 atom stereocenters. The second-order valence-corrected chi connectivity index (χ2v) is 2.79. The summed E-state index contributed by atoms with van der Waals surface area (Å²) in [6.07, 6.45) is 0. The highest BCUT2D eigenvalue weighted by atomic mass is 19.1. The lowest BCUT2D eigenvalue weighted by atomic mass is 10.2. The number of rotatable bonds is 0. The molecule has 1 aromatic heterocycles. The van der Waals surface area contributed by atoms with Gasteiger partial charge in [0.05, 0.1) is 0 Å². The summed E-state index contributed by atoms with van der Waals surface area (Å²) in [5.74, 6) is -0.180. The Morgan fingerprint density at radius 2 is 2.17 bits per heavy atom. The predicted molar refractivity (Wildman–Crippen MR) is 44.7 cm³/mol. The fourth-order valence-corrected chi connectivity index (χ4v) is 1.28. The summed E-state index contributed by atoms with van der Waals surface area (Å²) in [5.41, 5.74) is 1.44. The average molecular weight is 165 g/mol. The standard InChI is InChI=1S/C9H8FNO/c1-5-7-4-6(10)2-3-8(7)11-9(5)12/h2-4,11-12H,1H3. The molecule has 0 unspecified atom stereocenters. The maximum absolute atomic E-state index is 12.7. The zero-order valence-electron chi connectivity index (χ0n) is 6.56. The highest BCUT2D eigenvalue weighted by molar-refractivity contribution is 5.85. The largest absolute Gasteiger partial charge is 0.494 e. The van der Waals surface area contributed by atoms with Gasteiger partial charge >= 0.3 is 0 Å². The van der Waals surface area contributed by atoms with Gasteiger partial charge in [-0.3, -0.25) is 0 Å². The second kappa shape index (κ2) is 2.24. The van der Waals surface area contributed by atoms with Gasteiger partial charge in [-0.1, -0.05) is 0 Å². The van der Waals surface area contributed by atoms with Crippen LogP contribution in [0, 0.1) is 12.7 Å². The lowest BCUT2D eigenvalue weighted by Crippen LogP contribution is -1.73. The van der Waals surface area contributed by atoms with E-state index in [1.54, 1.807) is 13.0 Å². The van der Waals surface area contributed by atoms with Crippen LogP contribution in [0.2, 0.25) is 0 Å². The summed E-state index contributed by atoms with van der Waals surface area (Å²) < 4.78 is 12.7. The van der Waals surface area contributed by atoms with Crippen molar-refractivity contribution in [3.05, 3.63) is 29.6 Å². The molecule has 62 valence electrons. The van der Waals surface area contributed by atoms with E-state index in [-0.39, 0.29) is 11.7 Å². The molecule has 0 aliphatic heterocycles. The molecule has 3 heteroatoms. The van der Waals surface area contributed by atoms with Gasteiger partial charge in [-0.25, -0.2) is 4.39 Å². The molecule has 12 heavy (non-hydrogen) atoms. The molecule has 0 aliphatic rings. The first-order chi connectivity index (χ1) is 5.68. The Hall–Kier alpha value is -1.51. The van der Waals surface area contributed by atoms with Crippen molar-refractivity contribution in [2.24, 2.45) is 0 Å². The quantitative estimate of drug-likeness (QED) is 0.617. The van der Waals surface area contributed by atoms with Gasteiger partial charge < -0.3 is 10.1 Å². The van der Waals surface area contributed by atoms with Crippen molar-refractivity contribution in [1.29, 1.82) is 0 Å². The van der Waals surface area contributed by atoms with Crippen LogP contribution in [0.1, 0.15) is 5.56 Å². The van der Waals surface area contributed by atoms with E-state index in [0.717, 1.165) is 10.9 Å². The predicted octanol–water partition coefficient (Wildman–Crippen LogP) is 2.32. The van der Waals surface area contributed by atoms with Crippen LogP contribution in [-0.2, 0) is 0 Å². The Kier molecular flexibility index (Phi) is 1.33. The monoisotopic (exact) mass is 165 g/mol. The van der Waals surface area contributed by atoms with Crippen LogP contribution in [0.3, 0.4) is 0 Å². The average Bonchev–Trinajstić information content (AvgIpc) is 2.31. The van der Waals surface area contributed by atoms with Crippen molar-refractivity contribution < 1.29 is 9.50 Å². The smallest absolute Gasteiger partial charge is 0.192 e. The van der Waals surface area contributed by atoms with Crippen molar-refractivity contribution in [3.63, 3.8) is 0 Å². The first-order valence-corrected chi connectivity index (χ1v) is 3.65. The van der Waals surface area contributed by atoms with Crippen LogP contribution in [0.15, 0.2) is 18.2 Å². The number of hydrogen-bond acceptors (Lipinski definition) is 1. The fourth-order valence-electron chi connectivity index (χ4n) is 1.28. The number of H-pyrrole nitrogens is 1. The summed E-state index contributed by atoms with van der Waals surface area (Å²) >= 11 is 0. The molecule has 2 aromatic rings. The van der Waals surface area contributed by atoms with Gasteiger partial charge in [0.1, 0.15) is 5.82 Å². The maximum Gasteiger partial charge on any atom is 0.192 e. The first-order valence-electron chi connectivity index (χ1n) is 3.65. The minimum absolute atomic E-state index is 0.107. The van der Waals surface area contributed by atoms with Gasteiger partial charge in [0.25, 0.3) is 0 Å². The second-order valence-electron chi connectivity index (χ2n) is 2.79. The van der Waals surface area contributed by atoms with E-state index in [1.807, 2.05) is 0 Å². The lowest BCUT2D eigenvalue weighted by molar-refractivity contribution is 0.454. The van der Waals surface area contributed by atoms with Gasteiger partial charge in [0, 0.05) is 16.5 Å². The summed E-state index contributed by atoms with van der Waals surface area (Å²) in [6.45, 7) is 1.74. The Morgan fingerprint density at radius 3 is 2.92 bits per heavy atom. The SMILES string of the molecule is Cc1c(O)[nH]c2ccc(F)cc12. The Bertz CT molecular complexity index is 433. The zero-order chi connectivity index (χ0) is 8.72. The van der Waals surface area contributed by atoms with Crippen LogP contribution in [-0.4, -0.2) is 10.1 Å². The highest BCUT2D eigenvalue weighted by Gasteiger charge is 2.05. The normalized spacial score (nSPS) is 10.8. The number of nitrogens with one attached hydrogen (secondary N) is 1. The molecule has 2 N–H and O–H groups in total. The topological polar surface area (TPSA) is 36.0 Å². The molecule has 0 spiro atoms. The summed E-state index contributed by atoms with van der Waals surface area (Å²) in [4.78, 5) is 2.74. The summed E-state index contributed by atoms with van der Waals surface area (Å²) in [5, 5.41) is 9.99. The number of aryl methyl sites for hydroxylation is 1. The Morgan fingerprint density at radius 1 is 1.42 bits per heavy atom. The van der Waals surface area contributed by atoms with Crippen molar-refractivity contribution in [1.82, 2.24) is 4.98 Å². The van der Waals surface area contributed by atoms with Crippen molar-refractivity contribution in [2.75, 3.05) is 0 Å². The molecule has 0 bridgehead atoms. The number of fused-ring (bicyclic) bond motifs is 1. The van der Waals surface area contributed by atoms with E-state index in [4.69, 9.17) is 0 Å². The molecule has 0 radical (unpaired) electrons. The minimum atomic E-state index is -0.287. The molecule has 2 rings (SSSR count). The van der Waals surface area contributed by atoms with Gasteiger partial charge in [-0.05, 0) is 25.1 Å². The zero-order valence-corrected chi connectivity index (χ0v) is 6.56. The van der Waals surface area contributed by atoms with E-state index in [0.29, 0.717) is 5.56 Å². The molecule has 0 saturated heterocycles. The molecule has 0 fully saturated rings. The maximum atomic E-state index is 12.7. The number of hydrogen-bond donors (Lipinski definition) is 2. The van der Waals surface area contributed by atoms with Crippen LogP contribution < -0.4 is 0 Å². The first kappa shape index (κ1) is 7.16. The van der Waals surface area contributed by atoms with E-state index in [2.05, 4.69) is 4.98 Å². The van der Waals surface area contributed by atoms with E-state index in [9.17, 15) is 9.50 Å². The molecule has 1 heterocycles. The van der Waals surface area contributed by atoms with E-state index < -0.39 is 0 Å². The van der Waals surface area contributed by atoms with E-state index in [1.165, 1.54) is 12.1 Å². The van der Waals surface area contributed by atoms with Gasteiger partial charge in [-0.2, -0.15) is 0 Å². The number of halogens is 1. The van der Waals surface area contributed by atoms with Gasteiger partial charge in [0.15, 0.2) is 5.88 Å². The van der Waals surface area contributed by atoms with Gasteiger partial charge in [-0.15, -0.1) is 0 Å². The third-order valence-corrected chi connectivity index (χ3v) is 1.99. The molecule has 0 aliphatic carbocycles. The van der Waals surface area contributed by atoms with Crippen LogP contribution in [0.25, 0.3) is 10.9 Å². The number of aromatic amines is 1. The Labute approximate surface area is 68.6 Å². The van der Waals surface area contributed by atoms with Gasteiger partial charge in [0.2, 0.25) is 0 Å². The number of aromatic nitrogens is 1. The minimum Gasteiger partial charge on any atom is -0.494 e. The number of aromatic hydroxyl groups is 1. The Balaban J connectivity index is 2.88. The van der Waals surface area contributed by atoms with E-state index >= 15 is 0 Å². The van der Waals surface area contributed by atoms with Crippen molar-refractivity contribution >= 4 is 10.9 Å². The molecule has 0 saturated carbocycles. The van der Waals surface area contributed by atoms with Crippen LogP contribution >= 0.6 is 0 Å². The summed E-state index contributed by atoms with van der Waals surface area (Å²) in [6, 6.07) is 4.37. The molecule has 1 aromatic carbocycles. The van der Waals surface area contributed by atoms with Crippen molar-refractivity contribution in [2.45, 2.75) is 6.92 Å². The summed E-state index contributed by atoms with van der Waals surface area (Å²) in [7, 11) is 0. The molecule has 0 amide bonds. The molecular weight excluding hydrogens is 157 g/mol. The lowest BCUT2D eigenvalue weighted by Gasteiger charge is -1.90. The van der Waals surface area contributed by atoms with Crippen LogP contribution in [0.4, 0.5) is 4.39 Å². The highest BCUT2D eigenvalue weighted by Crippen LogP contribution is 2.26.